The molecule has 1 fully saturated rings. The predicted octanol–water partition coefficient (Wildman–Crippen LogP) is 0.817. The maximum atomic E-state index is 11.1. The number of hydrogen-bond donors (Lipinski definition) is 2. The van der Waals surface area contributed by atoms with E-state index in [4.69, 9.17) is 0 Å². The van der Waals surface area contributed by atoms with E-state index in [1.807, 2.05) is 0 Å². The van der Waals surface area contributed by atoms with Crippen LogP contribution in [0, 0.1) is 0 Å². The fraction of sp³-hybridized carbons (Fsp3) is 0.778. The van der Waals surface area contributed by atoms with E-state index < -0.39 is 0 Å². The first kappa shape index (κ1) is 10.0. The van der Waals surface area contributed by atoms with Gasteiger partial charge in [-0.3, -0.25) is 0 Å². The Hall–Kier alpha value is -1.06. The van der Waals surface area contributed by atoms with Crippen LogP contribution in [-0.4, -0.2) is 24.9 Å². The third-order valence-electron chi connectivity index (χ3n) is 2.29. The van der Waals surface area contributed by atoms with Crippen LogP contribution in [0.15, 0.2) is 0 Å². The first-order valence-corrected chi connectivity index (χ1v) is 4.81. The molecule has 0 aromatic rings. The lowest BCUT2D eigenvalue weighted by molar-refractivity contribution is -0.107. The molecule has 1 saturated carbocycles. The lowest BCUT2D eigenvalue weighted by Crippen LogP contribution is -2.43. The Kier molecular flexibility index (Phi) is 4.29. The standard InChI is InChI=1S/C9H16N2O2/c12-7-6-10-9(13)11-8-4-2-1-3-5-8/h7-8H,1-6H2,(H2,10,11,13). The van der Waals surface area contributed by atoms with Crippen LogP contribution in [0.5, 0.6) is 0 Å². The molecular weight excluding hydrogens is 168 g/mol. The Morgan fingerprint density at radius 3 is 2.62 bits per heavy atom. The SMILES string of the molecule is O=CCNC(=O)NC1CCCCC1. The maximum absolute atomic E-state index is 11.1. The highest BCUT2D eigenvalue weighted by Gasteiger charge is 2.14. The molecule has 1 rings (SSSR count). The summed E-state index contributed by atoms with van der Waals surface area (Å²) < 4.78 is 0. The van der Waals surface area contributed by atoms with Gasteiger partial charge in [0, 0.05) is 6.04 Å². The molecule has 0 aromatic heterocycles. The minimum atomic E-state index is -0.223. The molecule has 0 atom stereocenters. The molecule has 4 nitrogen and oxygen atoms in total. The van der Waals surface area contributed by atoms with Crippen LogP contribution in [0.3, 0.4) is 0 Å². The second kappa shape index (κ2) is 5.56. The quantitative estimate of drug-likeness (QED) is 0.638. The van der Waals surface area contributed by atoms with E-state index in [9.17, 15) is 9.59 Å². The van der Waals surface area contributed by atoms with Crippen molar-refractivity contribution in [1.82, 2.24) is 10.6 Å². The average molecular weight is 184 g/mol. The summed E-state index contributed by atoms with van der Waals surface area (Å²) >= 11 is 0. The summed E-state index contributed by atoms with van der Waals surface area (Å²) in [6, 6.07) is 0.0828. The molecule has 13 heavy (non-hydrogen) atoms. The number of amides is 2. The third kappa shape index (κ3) is 3.92. The van der Waals surface area contributed by atoms with Gasteiger partial charge < -0.3 is 15.4 Å². The van der Waals surface area contributed by atoms with Crippen LogP contribution in [-0.2, 0) is 4.79 Å². The van der Waals surface area contributed by atoms with Crippen molar-refractivity contribution in [2.24, 2.45) is 0 Å². The highest BCUT2D eigenvalue weighted by molar-refractivity contribution is 5.76. The third-order valence-corrected chi connectivity index (χ3v) is 2.29. The molecule has 0 radical (unpaired) electrons. The highest BCUT2D eigenvalue weighted by atomic mass is 16.2. The molecule has 1 aliphatic carbocycles. The van der Waals surface area contributed by atoms with Crippen LogP contribution in [0.4, 0.5) is 4.79 Å². The van der Waals surface area contributed by atoms with Crippen LogP contribution >= 0.6 is 0 Å². The van der Waals surface area contributed by atoms with Crippen molar-refractivity contribution in [2.75, 3.05) is 6.54 Å². The van der Waals surface area contributed by atoms with Gasteiger partial charge in [0.25, 0.3) is 0 Å². The summed E-state index contributed by atoms with van der Waals surface area (Å²) in [6.07, 6.45) is 6.47. The second-order valence-corrected chi connectivity index (χ2v) is 3.36. The molecule has 2 N–H and O–H groups in total. The molecular formula is C9H16N2O2. The van der Waals surface area contributed by atoms with Gasteiger partial charge in [-0.15, -0.1) is 0 Å². The van der Waals surface area contributed by atoms with Crippen LogP contribution in [0.1, 0.15) is 32.1 Å². The Labute approximate surface area is 78.1 Å². The zero-order chi connectivity index (χ0) is 9.52. The number of aldehydes is 1. The van der Waals surface area contributed by atoms with Crippen molar-refractivity contribution in [3.05, 3.63) is 0 Å². The van der Waals surface area contributed by atoms with Crippen molar-refractivity contribution >= 4 is 12.3 Å². The number of rotatable bonds is 3. The van der Waals surface area contributed by atoms with Gasteiger partial charge >= 0.3 is 6.03 Å². The van der Waals surface area contributed by atoms with Gasteiger partial charge in [0.2, 0.25) is 0 Å². The fourth-order valence-electron chi connectivity index (χ4n) is 1.62. The minimum absolute atomic E-state index is 0.0958. The van der Waals surface area contributed by atoms with E-state index in [-0.39, 0.29) is 12.6 Å². The largest absolute Gasteiger partial charge is 0.335 e. The highest BCUT2D eigenvalue weighted by Crippen LogP contribution is 2.16. The second-order valence-electron chi connectivity index (χ2n) is 3.36. The fourth-order valence-corrected chi connectivity index (χ4v) is 1.62. The average Bonchev–Trinajstić information content (AvgIpc) is 2.16. The van der Waals surface area contributed by atoms with Gasteiger partial charge in [0.05, 0.1) is 6.54 Å². The summed E-state index contributed by atoms with van der Waals surface area (Å²) in [7, 11) is 0. The summed E-state index contributed by atoms with van der Waals surface area (Å²) in [5, 5.41) is 5.31. The van der Waals surface area contributed by atoms with Crippen LogP contribution in [0.2, 0.25) is 0 Å². The maximum Gasteiger partial charge on any atom is 0.315 e. The van der Waals surface area contributed by atoms with Gasteiger partial charge in [-0.2, -0.15) is 0 Å². The van der Waals surface area contributed by atoms with E-state index in [1.165, 1.54) is 19.3 Å². The Bertz CT molecular complexity index is 176. The minimum Gasteiger partial charge on any atom is -0.335 e. The van der Waals surface area contributed by atoms with Crippen molar-refractivity contribution < 1.29 is 9.59 Å². The number of nitrogens with one attached hydrogen (secondary N) is 2. The lowest BCUT2D eigenvalue weighted by atomic mass is 9.96. The van der Waals surface area contributed by atoms with Crippen molar-refractivity contribution in [1.29, 1.82) is 0 Å². The van der Waals surface area contributed by atoms with Gasteiger partial charge in [0.15, 0.2) is 0 Å². The molecule has 0 bridgehead atoms. The number of urea groups is 1. The van der Waals surface area contributed by atoms with Gasteiger partial charge in [-0.25, -0.2) is 4.79 Å². The van der Waals surface area contributed by atoms with E-state index >= 15 is 0 Å². The molecule has 0 saturated heterocycles. The van der Waals surface area contributed by atoms with E-state index in [0.717, 1.165) is 12.8 Å². The molecule has 0 aromatic carbocycles. The molecule has 0 aliphatic heterocycles. The summed E-state index contributed by atoms with van der Waals surface area (Å²) in [5.41, 5.74) is 0. The Morgan fingerprint density at radius 1 is 1.31 bits per heavy atom. The molecule has 0 unspecified atom stereocenters. The van der Waals surface area contributed by atoms with Gasteiger partial charge in [-0.1, -0.05) is 19.3 Å². The molecule has 74 valence electrons. The zero-order valence-electron chi connectivity index (χ0n) is 7.71. The monoisotopic (exact) mass is 184 g/mol. The molecule has 2 amide bonds. The van der Waals surface area contributed by atoms with Crippen molar-refractivity contribution in [3.63, 3.8) is 0 Å². The van der Waals surface area contributed by atoms with Crippen LogP contribution in [0.25, 0.3) is 0 Å². The normalized spacial score (nSPS) is 17.8. The number of carbonyl (C=O) groups excluding carboxylic acids is 2. The first-order valence-electron chi connectivity index (χ1n) is 4.81. The molecule has 4 heteroatoms. The summed E-state index contributed by atoms with van der Waals surface area (Å²) in [5.74, 6) is 0. The molecule has 0 heterocycles. The topological polar surface area (TPSA) is 58.2 Å². The number of carbonyl (C=O) groups is 2. The van der Waals surface area contributed by atoms with Gasteiger partial charge in [-0.05, 0) is 12.8 Å². The summed E-state index contributed by atoms with van der Waals surface area (Å²) in [6.45, 7) is 0.0958. The zero-order valence-corrected chi connectivity index (χ0v) is 7.71. The first-order chi connectivity index (χ1) is 6.33. The van der Waals surface area contributed by atoms with Crippen LogP contribution < -0.4 is 10.6 Å². The van der Waals surface area contributed by atoms with Gasteiger partial charge in [0.1, 0.15) is 6.29 Å². The summed E-state index contributed by atoms with van der Waals surface area (Å²) in [4.78, 5) is 21.0. The van der Waals surface area contributed by atoms with Crippen molar-refractivity contribution in [3.8, 4) is 0 Å². The number of hydrogen-bond acceptors (Lipinski definition) is 2. The molecule has 1 aliphatic rings. The lowest BCUT2D eigenvalue weighted by Gasteiger charge is -2.22. The predicted molar refractivity (Wildman–Crippen MR) is 49.5 cm³/mol. The molecule has 0 spiro atoms. The van der Waals surface area contributed by atoms with E-state index in [0.29, 0.717) is 12.3 Å². The smallest absolute Gasteiger partial charge is 0.315 e. The Morgan fingerprint density at radius 2 is 2.00 bits per heavy atom. The van der Waals surface area contributed by atoms with E-state index in [2.05, 4.69) is 10.6 Å². The van der Waals surface area contributed by atoms with Crippen molar-refractivity contribution in [2.45, 2.75) is 38.1 Å². The van der Waals surface area contributed by atoms with E-state index in [1.54, 1.807) is 0 Å². The Balaban J connectivity index is 2.14.